The van der Waals surface area contributed by atoms with E-state index in [4.69, 9.17) is 11.6 Å². The molecule has 21 heavy (non-hydrogen) atoms. The van der Waals surface area contributed by atoms with Crippen LogP contribution < -0.4 is 4.72 Å². The Kier molecular flexibility index (Phi) is 5.45. The van der Waals surface area contributed by atoms with E-state index in [-0.39, 0.29) is 4.90 Å². The van der Waals surface area contributed by atoms with E-state index in [1.807, 2.05) is 22.6 Å². The van der Waals surface area contributed by atoms with Crippen molar-refractivity contribution in [2.45, 2.75) is 11.3 Å². The molecule has 0 aromatic heterocycles. The van der Waals surface area contributed by atoms with Crippen LogP contribution in [-0.4, -0.2) is 14.3 Å². The average Bonchev–Trinajstić information content (AvgIpc) is 2.43. The zero-order chi connectivity index (χ0) is 15.5. The summed E-state index contributed by atoms with van der Waals surface area (Å²) in [4.78, 5) is 0.154. The summed E-state index contributed by atoms with van der Waals surface area (Å²) in [7, 11) is -3.69. The topological polar surface area (TPSA) is 46.2 Å². The largest absolute Gasteiger partial charge is 0.279 e. The Morgan fingerprint density at radius 1 is 1.14 bits per heavy atom. The highest BCUT2D eigenvalue weighted by Gasteiger charge is 2.15. The number of halogens is 3. The van der Waals surface area contributed by atoms with Crippen LogP contribution in [-0.2, 0) is 16.4 Å². The quantitative estimate of drug-likeness (QED) is 0.565. The summed E-state index contributed by atoms with van der Waals surface area (Å²) in [6, 6.07) is 10.4. The minimum Gasteiger partial charge on any atom is -0.279 e. The molecule has 0 aliphatic rings. The van der Waals surface area contributed by atoms with E-state index < -0.39 is 15.8 Å². The predicted molar refractivity (Wildman–Crippen MR) is 90.8 cm³/mol. The van der Waals surface area contributed by atoms with Crippen molar-refractivity contribution in [1.29, 1.82) is 0 Å². The molecule has 0 saturated heterocycles. The number of aryl methyl sites for hydroxylation is 1. The van der Waals surface area contributed by atoms with Crippen molar-refractivity contribution in [2.75, 3.05) is 10.6 Å². The van der Waals surface area contributed by atoms with E-state index in [9.17, 15) is 12.8 Å². The van der Waals surface area contributed by atoms with Gasteiger partial charge in [-0.3, -0.25) is 4.72 Å². The smallest absolute Gasteiger partial charge is 0.261 e. The maximum atomic E-state index is 13.0. The molecule has 2 rings (SSSR count). The molecule has 0 spiro atoms. The minimum atomic E-state index is -3.69. The third kappa shape index (κ3) is 4.31. The lowest BCUT2D eigenvalue weighted by Crippen LogP contribution is -2.14. The Labute approximate surface area is 141 Å². The van der Waals surface area contributed by atoms with Crippen LogP contribution in [0, 0.1) is 9.39 Å². The molecule has 3 nitrogen and oxygen atoms in total. The summed E-state index contributed by atoms with van der Waals surface area (Å²) in [5, 5.41) is 0. The molecule has 0 atom stereocenters. The summed E-state index contributed by atoms with van der Waals surface area (Å²) in [6.45, 7) is 0. The van der Waals surface area contributed by atoms with Crippen molar-refractivity contribution in [3.8, 4) is 0 Å². The number of rotatable bonds is 5. The highest BCUT2D eigenvalue weighted by atomic mass is 127. The van der Waals surface area contributed by atoms with Crippen LogP contribution in [0.2, 0.25) is 0 Å². The normalized spacial score (nSPS) is 11.4. The van der Waals surface area contributed by atoms with E-state index in [1.165, 1.54) is 30.3 Å². The van der Waals surface area contributed by atoms with Crippen LogP contribution >= 0.6 is 34.2 Å². The zero-order valence-electron chi connectivity index (χ0n) is 10.8. The number of nitrogens with one attached hydrogen (secondary N) is 1. The van der Waals surface area contributed by atoms with Crippen LogP contribution in [0.3, 0.4) is 0 Å². The Morgan fingerprint density at radius 2 is 1.81 bits per heavy atom. The van der Waals surface area contributed by atoms with Gasteiger partial charge in [0, 0.05) is 9.45 Å². The van der Waals surface area contributed by atoms with Crippen LogP contribution in [0.15, 0.2) is 47.4 Å². The van der Waals surface area contributed by atoms with Crippen molar-refractivity contribution in [1.82, 2.24) is 0 Å². The molecular formula is C14H12ClFINO2S. The molecule has 0 aliphatic carbocycles. The van der Waals surface area contributed by atoms with Gasteiger partial charge in [-0.05, 0) is 64.9 Å². The van der Waals surface area contributed by atoms with E-state index >= 15 is 0 Å². The van der Waals surface area contributed by atoms with Crippen LogP contribution in [0.4, 0.5) is 10.1 Å². The average molecular weight is 440 g/mol. The summed E-state index contributed by atoms with van der Waals surface area (Å²) in [6.07, 6.45) is 0.686. The molecule has 0 fully saturated rings. The molecule has 2 aromatic carbocycles. The second-order valence-electron chi connectivity index (χ2n) is 4.31. The highest BCUT2D eigenvalue weighted by molar-refractivity contribution is 14.1. The molecule has 0 heterocycles. The van der Waals surface area contributed by atoms with Gasteiger partial charge in [0.2, 0.25) is 0 Å². The summed E-state index contributed by atoms with van der Waals surface area (Å²) >= 11 is 7.52. The number of sulfonamides is 1. The van der Waals surface area contributed by atoms with Gasteiger partial charge in [-0.15, -0.1) is 11.6 Å². The van der Waals surface area contributed by atoms with Gasteiger partial charge in [-0.25, -0.2) is 12.8 Å². The van der Waals surface area contributed by atoms with E-state index in [2.05, 4.69) is 4.72 Å². The van der Waals surface area contributed by atoms with Gasteiger partial charge in [0.05, 0.1) is 10.6 Å². The monoisotopic (exact) mass is 439 g/mol. The molecule has 1 N–H and O–H groups in total. The molecular weight excluding hydrogens is 428 g/mol. The fourth-order valence-electron chi connectivity index (χ4n) is 1.72. The number of hydrogen-bond donors (Lipinski definition) is 1. The van der Waals surface area contributed by atoms with Gasteiger partial charge in [-0.1, -0.05) is 12.1 Å². The SMILES string of the molecule is O=S(=O)(Nc1ccc(F)cc1I)c1ccc(CCCl)cc1. The molecule has 0 radical (unpaired) electrons. The van der Waals surface area contributed by atoms with Crippen molar-refractivity contribution < 1.29 is 12.8 Å². The minimum absolute atomic E-state index is 0.154. The Balaban J connectivity index is 2.25. The molecule has 0 unspecified atom stereocenters. The van der Waals surface area contributed by atoms with Gasteiger partial charge < -0.3 is 0 Å². The maximum Gasteiger partial charge on any atom is 0.261 e. The fraction of sp³-hybridized carbons (Fsp3) is 0.143. The molecule has 112 valence electrons. The molecule has 0 bridgehead atoms. The Bertz CT molecular complexity index is 735. The second kappa shape index (κ2) is 6.93. The summed E-state index contributed by atoms with van der Waals surface area (Å²) in [5.74, 6) is 0.0748. The molecule has 7 heteroatoms. The van der Waals surface area contributed by atoms with E-state index in [0.29, 0.717) is 21.6 Å². The molecule has 0 saturated carbocycles. The number of benzene rings is 2. The molecule has 0 amide bonds. The number of anilines is 1. The molecule has 2 aromatic rings. The van der Waals surface area contributed by atoms with Crippen molar-refractivity contribution in [3.63, 3.8) is 0 Å². The first-order chi connectivity index (χ1) is 9.92. The highest BCUT2D eigenvalue weighted by Crippen LogP contribution is 2.23. The zero-order valence-corrected chi connectivity index (χ0v) is 14.5. The number of hydrogen-bond acceptors (Lipinski definition) is 2. The van der Waals surface area contributed by atoms with Crippen LogP contribution in [0.25, 0.3) is 0 Å². The van der Waals surface area contributed by atoms with Crippen molar-refractivity contribution in [2.24, 2.45) is 0 Å². The first-order valence-electron chi connectivity index (χ1n) is 6.05. The summed E-state index contributed by atoms with van der Waals surface area (Å²) < 4.78 is 40.5. The lowest BCUT2D eigenvalue weighted by Gasteiger charge is -2.10. The van der Waals surface area contributed by atoms with Gasteiger partial charge in [0.15, 0.2) is 0 Å². The van der Waals surface area contributed by atoms with Crippen molar-refractivity contribution >= 4 is 49.9 Å². The lowest BCUT2D eigenvalue weighted by atomic mass is 10.2. The fourth-order valence-corrected chi connectivity index (χ4v) is 3.81. The first-order valence-corrected chi connectivity index (χ1v) is 9.15. The molecule has 0 aliphatic heterocycles. The Morgan fingerprint density at radius 3 is 2.38 bits per heavy atom. The first kappa shape index (κ1) is 16.5. The summed E-state index contributed by atoms with van der Waals surface area (Å²) in [5.41, 5.74) is 1.32. The predicted octanol–water partition coefficient (Wildman–Crippen LogP) is 4.01. The van der Waals surface area contributed by atoms with E-state index in [0.717, 1.165) is 5.56 Å². The maximum absolute atomic E-state index is 13.0. The third-order valence-electron chi connectivity index (χ3n) is 2.79. The van der Waals surface area contributed by atoms with Gasteiger partial charge >= 0.3 is 0 Å². The lowest BCUT2D eigenvalue weighted by molar-refractivity contribution is 0.601. The van der Waals surface area contributed by atoms with Gasteiger partial charge in [0.1, 0.15) is 5.82 Å². The second-order valence-corrected chi connectivity index (χ2v) is 7.54. The van der Waals surface area contributed by atoms with E-state index in [1.54, 1.807) is 12.1 Å². The third-order valence-corrected chi connectivity index (χ3v) is 5.26. The standard InChI is InChI=1S/C14H12ClFINO2S/c15-8-7-10-1-4-12(5-2-10)21(19,20)18-14-6-3-11(16)9-13(14)17/h1-6,9,18H,7-8H2. The van der Waals surface area contributed by atoms with Gasteiger partial charge in [0.25, 0.3) is 10.0 Å². The van der Waals surface area contributed by atoms with Crippen LogP contribution in [0.1, 0.15) is 5.56 Å². The van der Waals surface area contributed by atoms with Crippen LogP contribution in [0.5, 0.6) is 0 Å². The van der Waals surface area contributed by atoms with Gasteiger partial charge in [-0.2, -0.15) is 0 Å². The Hall–Kier alpha value is -0.860. The van der Waals surface area contributed by atoms with Crippen molar-refractivity contribution in [3.05, 3.63) is 57.4 Å². The number of alkyl halides is 1.